The lowest BCUT2D eigenvalue weighted by Gasteiger charge is -2.37. The van der Waals surface area contributed by atoms with Crippen molar-refractivity contribution in [3.63, 3.8) is 0 Å². The number of aromatic nitrogens is 1. The van der Waals surface area contributed by atoms with Crippen molar-refractivity contribution in [2.75, 3.05) is 11.4 Å². The molecular weight excluding hydrogens is 302 g/mol. The number of hydrogen-bond acceptors (Lipinski definition) is 3. The number of fused-ring (bicyclic) bond motifs is 1. The van der Waals surface area contributed by atoms with Gasteiger partial charge in [-0.05, 0) is 45.6 Å². The number of anilines is 1. The smallest absolute Gasteiger partial charge is 0.143 e. The van der Waals surface area contributed by atoms with Crippen LogP contribution in [-0.4, -0.2) is 17.6 Å². The van der Waals surface area contributed by atoms with E-state index in [2.05, 4.69) is 50.1 Å². The molecule has 1 unspecified atom stereocenters. The molecule has 1 aliphatic heterocycles. The average Bonchev–Trinajstić information content (AvgIpc) is 2.46. The molecule has 3 rings (SSSR count). The molecule has 2 N–H and O–H groups in total. The predicted molar refractivity (Wildman–Crippen MR) is 81.1 cm³/mol. The van der Waals surface area contributed by atoms with Gasteiger partial charge >= 0.3 is 0 Å². The molecule has 19 heavy (non-hydrogen) atoms. The molecule has 0 amide bonds. The van der Waals surface area contributed by atoms with Crippen LogP contribution in [0.2, 0.25) is 0 Å². The van der Waals surface area contributed by atoms with Crippen LogP contribution in [0.25, 0.3) is 0 Å². The van der Waals surface area contributed by atoms with Gasteiger partial charge in [-0.25, -0.2) is 4.98 Å². The summed E-state index contributed by atoms with van der Waals surface area (Å²) in [5, 5.41) is 0. The van der Waals surface area contributed by atoms with Crippen molar-refractivity contribution in [3.8, 4) is 0 Å². The molecule has 1 aromatic heterocycles. The highest BCUT2D eigenvalue weighted by molar-refractivity contribution is 9.10. The summed E-state index contributed by atoms with van der Waals surface area (Å²) in [6.07, 6.45) is 2.81. The topological polar surface area (TPSA) is 42.1 Å². The molecule has 0 saturated carbocycles. The van der Waals surface area contributed by atoms with Gasteiger partial charge in [-0.15, -0.1) is 0 Å². The van der Waals surface area contributed by atoms with Crippen LogP contribution in [0.15, 0.2) is 47.1 Å². The second-order valence-electron chi connectivity index (χ2n) is 4.80. The molecule has 0 aliphatic carbocycles. The second-order valence-corrected chi connectivity index (χ2v) is 5.65. The van der Waals surface area contributed by atoms with Gasteiger partial charge in [-0.2, -0.15) is 0 Å². The molecule has 0 bridgehead atoms. The van der Waals surface area contributed by atoms with E-state index >= 15 is 0 Å². The fourth-order valence-electron chi connectivity index (χ4n) is 2.63. The van der Waals surface area contributed by atoms with E-state index in [0.717, 1.165) is 23.3 Å². The predicted octanol–water partition coefficient (Wildman–Crippen LogP) is 2.73. The van der Waals surface area contributed by atoms with Crippen molar-refractivity contribution >= 4 is 21.7 Å². The van der Waals surface area contributed by atoms with Gasteiger partial charge in [0.1, 0.15) is 5.82 Å². The lowest BCUT2D eigenvalue weighted by molar-refractivity contribution is 0.555. The van der Waals surface area contributed by atoms with E-state index in [1.54, 1.807) is 0 Å². The number of benzene rings is 1. The van der Waals surface area contributed by atoms with Crippen LogP contribution in [0, 0.1) is 0 Å². The fourth-order valence-corrected chi connectivity index (χ4v) is 3.12. The zero-order valence-corrected chi connectivity index (χ0v) is 12.2. The monoisotopic (exact) mass is 317 g/mol. The lowest BCUT2D eigenvalue weighted by Crippen LogP contribution is -2.45. The third kappa shape index (κ3) is 2.38. The van der Waals surface area contributed by atoms with Crippen LogP contribution in [0.3, 0.4) is 0 Å². The van der Waals surface area contributed by atoms with E-state index in [4.69, 9.17) is 5.73 Å². The SMILES string of the molecule is NCC1Cc2ccccc2CN1c1ncccc1Br. The van der Waals surface area contributed by atoms with E-state index in [1.165, 1.54) is 11.1 Å². The van der Waals surface area contributed by atoms with Crippen LogP contribution < -0.4 is 10.6 Å². The molecule has 0 saturated heterocycles. The first kappa shape index (κ1) is 12.6. The molecular formula is C15H16BrN3. The zero-order valence-electron chi connectivity index (χ0n) is 10.6. The molecule has 0 fully saturated rings. The molecule has 0 radical (unpaired) electrons. The standard InChI is InChI=1S/C15H16BrN3/c16-14-6-3-7-18-15(14)19-10-12-5-2-1-4-11(12)8-13(19)9-17/h1-7,13H,8-10,17H2. The fraction of sp³-hybridized carbons (Fsp3) is 0.267. The van der Waals surface area contributed by atoms with Gasteiger partial charge in [0.05, 0.1) is 4.47 Å². The van der Waals surface area contributed by atoms with E-state index in [-0.39, 0.29) is 0 Å². The van der Waals surface area contributed by atoms with Gasteiger partial charge in [0, 0.05) is 25.3 Å². The molecule has 2 aromatic rings. The quantitative estimate of drug-likeness (QED) is 0.926. The number of rotatable bonds is 2. The Bertz CT molecular complexity index is 585. The number of hydrogen-bond donors (Lipinski definition) is 1. The summed E-state index contributed by atoms with van der Waals surface area (Å²) in [5.41, 5.74) is 8.72. The minimum Gasteiger partial charge on any atom is -0.347 e. The van der Waals surface area contributed by atoms with Crippen LogP contribution in [-0.2, 0) is 13.0 Å². The van der Waals surface area contributed by atoms with Crippen LogP contribution in [0.5, 0.6) is 0 Å². The Hall–Kier alpha value is -1.39. The van der Waals surface area contributed by atoms with E-state index < -0.39 is 0 Å². The maximum atomic E-state index is 5.95. The summed E-state index contributed by atoms with van der Waals surface area (Å²) < 4.78 is 1.02. The third-order valence-corrected chi connectivity index (χ3v) is 4.26. The van der Waals surface area contributed by atoms with Gasteiger partial charge in [0.15, 0.2) is 0 Å². The van der Waals surface area contributed by atoms with Gasteiger partial charge in [-0.3, -0.25) is 0 Å². The Kier molecular flexibility index (Phi) is 3.53. The number of nitrogens with zero attached hydrogens (tertiary/aromatic N) is 2. The normalized spacial score (nSPS) is 18.2. The summed E-state index contributed by atoms with van der Waals surface area (Å²) >= 11 is 3.58. The maximum absolute atomic E-state index is 5.95. The molecule has 98 valence electrons. The van der Waals surface area contributed by atoms with Crippen LogP contribution in [0.4, 0.5) is 5.82 Å². The molecule has 0 spiro atoms. The Morgan fingerprint density at radius 3 is 2.74 bits per heavy atom. The van der Waals surface area contributed by atoms with E-state index in [0.29, 0.717) is 12.6 Å². The number of pyridine rings is 1. The minimum atomic E-state index is 0.307. The lowest BCUT2D eigenvalue weighted by atomic mass is 9.94. The van der Waals surface area contributed by atoms with Gasteiger partial charge in [-0.1, -0.05) is 24.3 Å². The summed E-state index contributed by atoms with van der Waals surface area (Å²) in [4.78, 5) is 6.79. The van der Waals surface area contributed by atoms with Crippen molar-refractivity contribution in [1.29, 1.82) is 0 Å². The Labute approximate surface area is 121 Å². The Balaban J connectivity index is 2.00. The van der Waals surface area contributed by atoms with Crippen molar-refractivity contribution in [2.24, 2.45) is 5.73 Å². The van der Waals surface area contributed by atoms with Crippen molar-refractivity contribution in [3.05, 3.63) is 58.2 Å². The molecule has 2 heterocycles. The summed E-state index contributed by atoms with van der Waals surface area (Å²) in [7, 11) is 0. The van der Waals surface area contributed by atoms with Crippen LogP contribution >= 0.6 is 15.9 Å². The Morgan fingerprint density at radius 2 is 2.00 bits per heavy atom. The van der Waals surface area contributed by atoms with Gasteiger partial charge < -0.3 is 10.6 Å². The second kappa shape index (κ2) is 5.31. The van der Waals surface area contributed by atoms with Crippen LogP contribution in [0.1, 0.15) is 11.1 Å². The zero-order chi connectivity index (χ0) is 13.2. The molecule has 1 atom stereocenters. The first-order chi connectivity index (χ1) is 9.29. The average molecular weight is 318 g/mol. The van der Waals surface area contributed by atoms with E-state index in [9.17, 15) is 0 Å². The van der Waals surface area contributed by atoms with Crippen molar-refractivity contribution in [1.82, 2.24) is 4.98 Å². The largest absolute Gasteiger partial charge is 0.347 e. The maximum Gasteiger partial charge on any atom is 0.143 e. The first-order valence-corrected chi connectivity index (χ1v) is 7.23. The van der Waals surface area contributed by atoms with E-state index in [1.807, 2.05) is 18.3 Å². The Morgan fingerprint density at radius 1 is 1.21 bits per heavy atom. The summed E-state index contributed by atoms with van der Waals surface area (Å²) in [5.74, 6) is 0.979. The van der Waals surface area contributed by atoms with Crippen molar-refractivity contribution < 1.29 is 0 Å². The van der Waals surface area contributed by atoms with Gasteiger partial charge in [0.25, 0.3) is 0 Å². The third-order valence-electron chi connectivity index (χ3n) is 3.64. The first-order valence-electron chi connectivity index (χ1n) is 6.43. The highest BCUT2D eigenvalue weighted by Gasteiger charge is 2.26. The highest BCUT2D eigenvalue weighted by Crippen LogP contribution is 2.31. The molecule has 1 aromatic carbocycles. The minimum absolute atomic E-state index is 0.307. The summed E-state index contributed by atoms with van der Waals surface area (Å²) in [6.45, 7) is 1.50. The molecule has 3 nitrogen and oxygen atoms in total. The number of nitrogens with two attached hydrogens (primary N) is 1. The molecule has 4 heteroatoms. The van der Waals surface area contributed by atoms with Crippen molar-refractivity contribution in [2.45, 2.75) is 19.0 Å². The van der Waals surface area contributed by atoms with Gasteiger partial charge in [0.2, 0.25) is 0 Å². The summed E-state index contributed by atoms with van der Waals surface area (Å²) in [6, 6.07) is 12.8. The number of halogens is 1. The highest BCUT2D eigenvalue weighted by atomic mass is 79.9. The molecule has 1 aliphatic rings.